The molecule has 8 heteroatoms. The number of carbonyl (C=O) groups excluding carboxylic acids is 2. The molecule has 1 aliphatic heterocycles. The van der Waals surface area contributed by atoms with Crippen LogP contribution in [0.3, 0.4) is 0 Å². The van der Waals surface area contributed by atoms with Crippen LogP contribution in [0.2, 0.25) is 0 Å². The van der Waals surface area contributed by atoms with E-state index in [4.69, 9.17) is 0 Å². The second-order valence-electron chi connectivity index (χ2n) is 9.43. The zero-order valence-electron chi connectivity index (χ0n) is 20.0. The highest BCUT2D eigenvalue weighted by molar-refractivity contribution is 7.89. The molecular weight excluding hydrogens is 450 g/mol. The van der Waals surface area contributed by atoms with Gasteiger partial charge >= 0.3 is 0 Å². The van der Waals surface area contributed by atoms with Crippen LogP contribution in [0.15, 0.2) is 47.4 Å². The summed E-state index contributed by atoms with van der Waals surface area (Å²) in [6, 6.07) is 11.9. The molecule has 0 spiro atoms. The summed E-state index contributed by atoms with van der Waals surface area (Å²) in [5.41, 5.74) is 3.93. The zero-order chi connectivity index (χ0) is 24.5. The fourth-order valence-corrected chi connectivity index (χ4v) is 6.28. The first-order valence-corrected chi connectivity index (χ1v) is 13.5. The number of sulfonamides is 1. The fourth-order valence-electron chi connectivity index (χ4n) is 4.89. The lowest BCUT2D eigenvalue weighted by Gasteiger charge is -2.29. The fraction of sp³-hybridized carbons (Fsp3) is 0.462. The molecule has 2 amide bonds. The van der Waals surface area contributed by atoms with Gasteiger partial charge in [-0.1, -0.05) is 45.0 Å². The number of hydrogen-bond donors (Lipinski definition) is 2. The Labute approximate surface area is 202 Å². The topological polar surface area (TPSA) is 95.6 Å². The summed E-state index contributed by atoms with van der Waals surface area (Å²) in [5.74, 6) is -0.532. The van der Waals surface area contributed by atoms with Crippen molar-refractivity contribution in [3.63, 3.8) is 0 Å². The van der Waals surface area contributed by atoms with E-state index in [2.05, 4.69) is 16.1 Å². The molecule has 1 aliphatic carbocycles. The number of amides is 2. The molecule has 34 heavy (non-hydrogen) atoms. The van der Waals surface area contributed by atoms with Gasteiger partial charge in [-0.3, -0.25) is 9.59 Å². The number of benzene rings is 2. The molecule has 2 atom stereocenters. The van der Waals surface area contributed by atoms with Crippen molar-refractivity contribution >= 4 is 27.5 Å². The van der Waals surface area contributed by atoms with Crippen molar-refractivity contribution in [3.05, 3.63) is 59.2 Å². The van der Waals surface area contributed by atoms with E-state index >= 15 is 0 Å². The summed E-state index contributed by atoms with van der Waals surface area (Å²) >= 11 is 0. The Morgan fingerprint density at radius 1 is 1.09 bits per heavy atom. The van der Waals surface area contributed by atoms with Gasteiger partial charge in [0.1, 0.15) is 6.04 Å². The molecule has 0 saturated heterocycles. The molecule has 0 fully saturated rings. The highest BCUT2D eigenvalue weighted by Crippen LogP contribution is 2.32. The average Bonchev–Trinajstić information content (AvgIpc) is 3.25. The van der Waals surface area contributed by atoms with E-state index in [1.54, 1.807) is 17.0 Å². The SMILES string of the molecule is CCC(=O)N1CCc2cc(S(=O)(=O)N[C@H](C(=O)N[C@H]3CCCc4ccccc43)C(C)C)ccc21. The Bertz CT molecular complexity index is 1190. The van der Waals surface area contributed by atoms with Crippen molar-refractivity contribution < 1.29 is 18.0 Å². The highest BCUT2D eigenvalue weighted by Gasteiger charge is 2.32. The zero-order valence-corrected chi connectivity index (χ0v) is 20.8. The summed E-state index contributed by atoms with van der Waals surface area (Å²) in [4.78, 5) is 27.2. The number of aryl methyl sites for hydroxylation is 1. The van der Waals surface area contributed by atoms with Crippen LogP contribution in [0.1, 0.15) is 62.8 Å². The Balaban J connectivity index is 1.52. The molecule has 2 N–H and O–H groups in total. The van der Waals surface area contributed by atoms with Gasteiger partial charge in [0.2, 0.25) is 21.8 Å². The molecule has 2 aromatic carbocycles. The molecule has 0 unspecified atom stereocenters. The summed E-state index contributed by atoms with van der Waals surface area (Å²) in [6.07, 6.45) is 3.81. The third kappa shape index (κ3) is 4.88. The van der Waals surface area contributed by atoms with Crippen LogP contribution >= 0.6 is 0 Å². The maximum absolute atomic E-state index is 13.2. The van der Waals surface area contributed by atoms with Gasteiger partial charge < -0.3 is 10.2 Å². The van der Waals surface area contributed by atoms with Crippen LogP contribution < -0.4 is 14.9 Å². The van der Waals surface area contributed by atoms with E-state index in [0.717, 1.165) is 36.1 Å². The second kappa shape index (κ2) is 9.88. The Kier molecular flexibility index (Phi) is 7.09. The van der Waals surface area contributed by atoms with Crippen LogP contribution in [-0.4, -0.2) is 32.8 Å². The van der Waals surface area contributed by atoms with Gasteiger partial charge in [-0.2, -0.15) is 4.72 Å². The molecule has 7 nitrogen and oxygen atoms in total. The molecule has 182 valence electrons. The quantitative estimate of drug-likeness (QED) is 0.630. The lowest BCUT2D eigenvalue weighted by molar-refractivity contribution is -0.124. The van der Waals surface area contributed by atoms with Crippen molar-refractivity contribution in [3.8, 4) is 0 Å². The van der Waals surface area contributed by atoms with E-state index < -0.39 is 16.1 Å². The van der Waals surface area contributed by atoms with Gasteiger partial charge in [0.15, 0.2) is 0 Å². The van der Waals surface area contributed by atoms with Crippen LogP contribution in [0, 0.1) is 5.92 Å². The lowest BCUT2D eigenvalue weighted by atomic mass is 9.87. The van der Waals surface area contributed by atoms with E-state index in [9.17, 15) is 18.0 Å². The minimum absolute atomic E-state index is 0.0216. The maximum Gasteiger partial charge on any atom is 0.241 e. The summed E-state index contributed by atoms with van der Waals surface area (Å²) < 4.78 is 29.1. The van der Waals surface area contributed by atoms with Gasteiger partial charge in [0.05, 0.1) is 10.9 Å². The minimum Gasteiger partial charge on any atom is -0.348 e. The van der Waals surface area contributed by atoms with Gasteiger partial charge in [-0.05, 0) is 66.5 Å². The van der Waals surface area contributed by atoms with Crippen molar-refractivity contribution in [2.45, 2.75) is 69.9 Å². The number of nitrogens with one attached hydrogen (secondary N) is 2. The number of nitrogens with zero attached hydrogens (tertiary/aromatic N) is 1. The van der Waals surface area contributed by atoms with Crippen LogP contribution in [0.5, 0.6) is 0 Å². The van der Waals surface area contributed by atoms with Gasteiger partial charge in [0, 0.05) is 18.7 Å². The number of fused-ring (bicyclic) bond motifs is 2. The van der Waals surface area contributed by atoms with Crippen molar-refractivity contribution in [1.82, 2.24) is 10.0 Å². The third-order valence-electron chi connectivity index (χ3n) is 6.78. The Hall–Kier alpha value is -2.71. The second-order valence-corrected chi connectivity index (χ2v) is 11.1. The van der Waals surface area contributed by atoms with Gasteiger partial charge in [0.25, 0.3) is 0 Å². The first-order chi connectivity index (χ1) is 16.2. The van der Waals surface area contributed by atoms with Gasteiger partial charge in [-0.25, -0.2) is 8.42 Å². The van der Waals surface area contributed by atoms with Crippen molar-refractivity contribution in [2.24, 2.45) is 5.92 Å². The van der Waals surface area contributed by atoms with Crippen LogP contribution in [-0.2, 0) is 32.5 Å². The van der Waals surface area contributed by atoms with Crippen molar-refractivity contribution in [1.29, 1.82) is 0 Å². The third-order valence-corrected chi connectivity index (χ3v) is 8.22. The smallest absolute Gasteiger partial charge is 0.241 e. The minimum atomic E-state index is -3.93. The monoisotopic (exact) mass is 483 g/mol. The van der Waals surface area contributed by atoms with E-state index in [1.807, 2.05) is 39.0 Å². The molecule has 2 aliphatic rings. The molecule has 2 aromatic rings. The van der Waals surface area contributed by atoms with Crippen LogP contribution in [0.4, 0.5) is 5.69 Å². The predicted molar refractivity (Wildman–Crippen MR) is 132 cm³/mol. The molecule has 4 rings (SSSR count). The Morgan fingerprint density at radius 3 is 2.59 bits per heavy atom. The molecule has 0 radical (unpaired) electrons. The first kappa shape index (κ1) is 24.4. The van der Waals surface area contributed by atoms with Crippen LogP contribution in [0.25, 0.3) is 0 Å². The van der Waals surface area contributed by atoms with E-state index in [0.29, 0.717) is 19.4 Å². The summed E-state index contributed by atoms with van der Waals surface area (Å²) in [6.45, 7) is 6.03. The normalized spacial score (nSPS) is 18.4. The Morgan fingerprint density at radius 2 is 1.85 bits per heavy atom. The lowest BCUT2D eigenvalue weighted by Crippen LogP contribution is -2.50. The average molecular weight is 484 g/mol. The predicted octanol–water partition coefficient (Wildman–Crippen LogP) is 3.48. The highest BCUT2D eigenvalue weighted by atomic mass is 32.2. The van der Waals surface area contributed by atoms with E-state index in [1.165, 1.54) is 11.6 Å². The molecule has 0 bridgehead atoms. The summed E-state index contributed by atoms with van der Waals surface area (Å²) in [5, 5.41) is 3.09. The molecule has 0 saturated carbocycles. The first-order valence-electron chi connectivity index (χ1n) is 12.0. The maximum atomic E-state index is 13.2. The largest absolute Gasteiger partial charge is 0.348 e. The molecule has 0 aromatic heterocycles. The molecule has 1 heterocycles. The summed E-state index contributed by atoms with van der Waals surface area (Å²) in [7, 11) is -3.93. The standard InChI is InChI=1S/C26H33N3O4S/c1-4-24(30)29-15-14-19-16-20(12-13-23(19)29)34(32,33)28-25(17(2)3)26(31)27-22-11-7-9-18-8-5-6-10-21(18)22/h5-6,8,10,12-13,16-17,22,25,28H,4,7,9,11,14-15H2,1-3H3,(H,27,31)/t22-,25-/m0/s1. The number of rotatable bonds is 7. The van der Waals surface area contributed by atoms with Gasteiger partial charge in [-0.15, -0.1) is 0 Å². The number of anilines is 1. The van der Waals surface area contributed by atoms with E-state index in [-0.39, 0.29) is 28.7 Å². The van der Waals surface area contributed by atoms with Crippen molar-refractivity contribution in [2.75, 3.05) is 11.4 Å². The number of hydrogen-bond acceptors (Lipinski definition) is 4. The molecular formula is C26H33N3O4S. The number of carbonyl (C=O) groups is 2.